The monoisotopic (exact) mass is 385 g/mol. The molecule has 28 heavy (non-hydrogen) atoms. The topological polar surface area (TPSA) is 65.1 Å². The summed E-state index contributed by atoms with van der Waals surface area (Å²) in [4.78, 5) is 27.7. The molecule has 0 radical (unpaired) electrons. The average molecular weight is 385 g/mol. The van der Waals surface area contributed by atoms with Crippen LogP contribution in [0.3, 0.4) is 0 Å². The lowest BCUT2D eigenvalue weighted by atomic mass is 9.77. The fraction of sp³-hybridized carbons (Fsp3) is 0.545. The second-order valence-corrected chi connectivity index (χ2v) is 8.03. The fourth-order valence-corrected chi connectivity index (χ4v) is 4.44. The first-order valence-electron chi connectivity index (χ1n) is 9.98. The van der Waals surface area contributed by atoms with Gasteiger partial charge >= 0.3 is 5.97 Å². The molecule has 3 aliphatic heterocycles. The zero-order valence-corrected chi connectivity index (χ0v) is 16.4. The number of hydrogen-bond acceptors (Lipinski definition) is 5. The fourth-order valence-electron chi connectivity index (χ4n) is 4.44. The number of esters is 1. The summed E-state index contributed by atoms with van der Waals surface area (Å²) in [6.07, 6.45) is 4.44. The lowest BCUT2D eigenvalue weighted by Gasteiger charge is -2.22. The normalized spacial score (nSPS) is 30.3. The number of carbonyl (C=O) groups is 2. The minimum Gasteiger partial charge on any atom is -0.460 e. The van der Waals surface area contributed by atoms with Gasteiger partial charge in [0, 0.05) is 13.2 Å². The summed E-state index contributed by atoms with van der Waals surface area (Å²) in [7, 11) is 0. The van der Waals surface area contributed by atoms with Crippen molar-refractivity contribution in [3.63, 3.8) is 0 Å². The minimum absolute atomic E-state index is 0.0157. The first kappa shape index (κ1) is 19.2. The van der Waals surface area contributed by atoms with Crippen molar-refractivity contribution in [1.82, 2.24) is 4.90 Å². The van der Waals surface area contributed by atoms with Crippen LogP contribution in [-0.4, -0.2) is 54.3 Å². The van der Waals surface area contributed by atoms with Crippen LogP contribution in [0, 0.1) is 11.8 Å². The van der Waals surface area contributed by atoms with Crippen LogP contribution in [0.15, 0.2) is 42.5 Å². The molecule has 2 fully saturated rings. The van der Waals surface area contributed by atoms with Crippen LogP contribution in [0.4, 0.5) is 0 Å². The molecule has 0 aromatic heterocycles. The maximum atomic E-state index is 13.1. The standard InChI is InChI=1S/C22H27NO5/c1-15(2)26-12-6-11-23-14-22-10-9-17(28-22)18(19(22)20(23)24)21(25)27-13-16-7-4-3-5-8-16/h3-5,7-10,15,17-19H,6,11-14H2,1-2H3. The molecule has 150 valence electrons. The van der Waals surface area contributed by atoms with E-state index in [1.54, 1.807) is 4.90 Å². The van der Waals surface area contributed by atoms with E-state index in [0.29, 0.717) is 19.7 Å². The van der Waals surface area contributed by atoms with Gasteiger partial charge in [-0.15, -0.1) is 0 Å². The molecule has 6 nitrogen and oxygen atoms in total. The molecule has 1 spiro atoms. The highest BCUT2D eigenvalue weighted by molar-refractivity contribution is 5.91. The Kier molecular flexibility index (Phi) is 5.25. The molecule has 0 aliphatic carbocycles. The second kappa shape index (κ2) is 7.68. The highest BCUT2D eigenvalue weighted by Crippen LogP contribution is 2.52. The van der Waals surface area contributed by atoms with Crippen molar-refractivity contribution >= 4 is 11.9 Å². The van der Waals surface area contributed by atoms with E-state index < -0.39 is 17.4 Å². The summed E-state index contributed by atoms with van der Waals surface area (Å²) < 4.78 is 17.2. The Labute approximate surface area is 165 Å². The van der Waals surface area contributed by atoms with Gasteiger partial charge < -0.3 is 19.1 Å². The van der Waals surface area contributed by atoms with Crippen LogP contribution >= 0.6 is 0 Å². The van der Waals surface area contributed by atoms with E-state index in [9.17, 15) is 9.59 Å². The summed E-state index contributed by atoms with van der Waals surface area (Å²) in [5.41, 5.74) is 0.242. The third kappa shape index (κ3) is 3.47. The van der Waals surface area contributed by atoms with Crippen molar-refractivity contribution in [1.29, 1.82) is 0 Å². The molecule has 0 N–H and O–H groups in total. The van der Waals surface area contributed by atoms with E-state index in [0.717, 1.165) is 12.0 Å². The Balaban J connectivity index is 1.39. The van der Waals surface area contributed by atoms with E-state index >= 15 is 0 Å². The zero-order valence-electron chi connectivity index (χ0n) is 16.4. The molecular weight excluding hydrogens is 358 g/mol. The average Bonchev–Trinajstić information content (AvgIpc) is 3.32. The number of hydrogen-bond donors (Lipinski definition) is 0. The third-order valence-corrected chi connectivity index (χ3v) is 5.70. The molecule has 2 bridgehead atoms. The van der Waals surface area contributed by atoms with Crippen LogP contribution < -0.4 is 0 Å². The molecule has 4 rings (SSSR count). The van der Waals surface area contributed by atoms with Gasteiger partial charge in [0.05, 0.1) is 24.7 Å². The lowest BCUT2D eigenvalue weighted by molar-refractivity contribution is -0.155. The van der Waals surface area contributed by atoms with Gasteiger partial charge in [-0.1, -0.05) is 42.5 Å². The van der Waals surface area contributed by atoms with Crippen molar-refractivity contribution in [3.05, 3.63) is 48.0 Å². The van der Waals surface area contributed by atoms with Gasteiger partial charge in [0.1, 0.15) is 18.1 Å². The zero-order chi connectivity index (χ0) is 19.7. The Morgan fingerprint density at radius 3 is 2.86 bits per heavy atom. The molecule has 3 aliphatic rings. The highest BCUT2D eigenvalue weighted by Gasteiger charge is 2.67. The molecule has 4 unspecified atom stereocenters. The number of rotatable bonds is 8. The van der Waals surface area contributed by atoms with Crippen molar-refractivity contribution in [3.8, 4) is 0 Å². The van der Waals surface area contributed by atoms with Crippen molar-refractivity contribution in [2.75, 3.05) is 19.7 Å². The van der Waals surface area contributed by atoms with Gasteiger partial charge in [-0.25, -0.2) is 0 Å². The number of ether oxygens (including phenoxy) is 3. The van der Waals surface area contributed by atoms with E-state index in [4.69, 9.17) is 14.2 Å². The van der Waals surface area contributed by atoms with E-state index in [1.165, 1.54) is 0 Å². The number of likely N-dealkylation sites (tertiary alicyclic amines) is 1. The molecule has 6 heteroatoms. The van der Waals surface area contributed by atoms with Crippen LogP contribution in [0.2, 0.25) is 0 Å². The second-order valence-electron chi connectivity index (χ2n) is 8.03. The quantitative estimate of drug-likeness (QED) is 0.390. The number of nitrogens with zero attached hydrogens (tertiary/aromatic N) is 1. The molecule has 1 amide bonds. The Morgan fingerprint density at radius 2 is 2.11 bits per heavy atom. The SMILES string of the molecule is CC(C)OCCCN1CC23C=CC(O2)C(C(=O)OCc2ccccc2)C3C1=O. The number of amides is 1. The summed E-state index contributed by atoms with van der Waals surface area (Å²) in [6, 6.07) is 9.55. The third-order valence-electron chi connectivity index (χ3n) is 5.70. The number of carbonyl (C=O) groups excluding carboxylic acids is 2. The van der Waals surface area contributed by atoms with Gasteiger partial charge in [0.15, 0.2) is 0 Å². The number of benzene rings is 1. The van der Waals surface area contributed by atoms with E-state index in [-0.39, 0.29) is 30.7 Å². The van der Waals surface area contributed by atoms with Gasteiger partial charge in [0.2, 0.25) is 5.91 Å². The Morgan fingerprint density at radius 1 is 1.32 bits per heavy atom. The van der Waals surface area contributed by atoms with Crippen LogP contribution in [-0.2, 0) is 30.4 Å². The largest absolute Gasteiger partial charge is 0.460 e. The van der Waals surface area contributed by atoms with E-state index in [2.05, 4.69) is 0 Å². The highest BCUT2D eigenvalue weighted by atomic mass is 16.6. The maximum absolute atomic E-state index is 13.1. The van der Waals surface area contributed by atoms with Gasteiger partial charge in [-0.2, -0.15) is 0 Å². The predicted octanol–water partition coefficient (Wildman–Crippen LogP) is 2.33. The first-order chi connectivity index (χ1) is 13.5. The van der Waals surface area contributed by atoms with Crippen LogP contribution in [0.5, 0.6) is 0 Å². The smallest absolute Gasteiger partial charge is 0.313 e. The summed E-state index contributed by atoms with van der Waals surface area (Å²) >= 11 is 0. The van der Waals surface area contributed by atoms with Gasteiger partial charge in [-0.05, 0) is 25.8 Å². The van der Waals surface area contributed by atoms with E-state index in [1.807, 2.05) is 56.3 Å². The van der Waals surface area contributed by atoms with Gasteiger partial charge in [0.25, 0.3) is 0 Å². The summed E-state index contributed by atoms with van der Waals surface area (Å²) in [5.74, 6) is -1.43. The molecular formula is C22H27NO5. The maximum Gasteiger partial charge on any atom is 0.313 e. The Hall–Kier alpha value is -2.18. The van der Waals surface area contributed by atoms with Crippen molar-refractivity contribution in [2.45, 2.75) is 44.7 Å². The molecule has 0 saturated carbocycles. The van der Waals surface area contributed by atoms with Gasteiger partial charge in [-0.3, -0.25) is 9.59 Å². The molecule has 1 aromatic carbocycles. The van der Waals surface area contributed by atoms with Crippen LogP contribution in [0.25, 0.3) is 0 Å². The lowest BCUT2D eigenvalue weighted by Crippen LogP contribution is -2.40. The Bertz CT molecular complexity index is 761. The van der Waals surface area contributed by atoms with Crippen LogP contribution in [0.1, 0.15) is 25.8 Å². The summed E-state index contributed by atoms with van der Waals surface area (Å²) in [5, 5.41) is 0. The predicted molar refractivity (Wildman–Crippen MR) is 102 cm³/mol. The van der Waals surface area contributed by atoms with Crippen molar-refractivity contribution < 1.29 is 23.8 Å². The number of fused-ring (bicyclic) bond motifs is 1. The molecule has 2 saturated heterocycles. The minimum atomic E-state index is -0.683. The van der Waals surface area contributed by atoms with Crippen molar-refractivity contribution in [2.24, 2.45) is 11.8 Å². The first-order valence-corrected chi connectivity index (χ1v) is 9.98. The molecule has 3 heterocycles. The summed E-state index contributed by atoms with van der Waals surface area (Å²) in [6.45, 7) is 5.91. The molecule has 1 aromatic rings. The molecule has 4 atom stereocenters.